The van der Waals surface area contributed by atoms with Gasteiger partial charge in [-0.1, -0.05) is 33.6 Å². The molecule has 1 atom stereocenters. The van der Waals surface area contributed by atoms with Gasteiger partial charge in [0.25, 0.3) is 5.91 Å². The molecule has 1 aromatic rings. The number of carbonyl (C=O) groups excluding carboxylic acids is 1. The van der Waals surface area contributed by atoms with E-state index in [1.807, 2.05) is 27.7 Å². The van der Waals surface area contributed by atoms with Crippen LogP contribution in [0, 0.1) is 0 Å². The van der Waals surface area contributed by atoms with Crippen LogP contribution in [-0.2, 0) is 11.3 Å². The number of hydrogen-bond acceptors (Lipinski definition) is 3. The SMILES string of the molecule is CCCC[C@H](NC(=O)c1cc(C(C)C)nn1CC)C(=O)O. The van der Waals surface area contributed by atoms with Crippen molar-refractivity contribution >= 4 is 11.9 Å². The highest BCUT2D eigenvalue weighted by Gasteiger charge is 2.23. The number of carboxylic acid groups (broad SMARTS) is 1. The minimum Gasteiger partial charge on any atom is -0.480 e. The molecular weight excluding hydrogens is 270 g/mol. The van der Waals surface area contributed by atoms with Crippen molar-refractivity contribution in [2.24, 2.45) is 0 Å². The first-order valence-corrected chi connectivity index (χ1v) is 7.52. The van der Waals surface area contributed by atoms with Gasteiger partial charge in [0.05, 0.1) is 5.69 Å². The van der Waals surface area contributed by atoms with Gasteiger partial charge in [-0.25, -0.2) is 4.79 Å². The minimum atomic E-state index is -0.997. The number of aliphatic carboxylic acids is 1. The molecule has 6 nitrogen and oxygen atoms in total. The standard InChI is InChI=1S/C15H25N3O3/c1-5-7-8-11(15(20)21)16-14(19)13-9-12(10(3)4)17-18(13)6-2/h9-11H,5-8H2,1-4H3,(H,16,19)(H,20,21)/t11-/m0/s1. The Morgan fingerprint density at radius 3 is 2.52 bits per heavy atom. The number of carbonyl (C=O) groups is 2. The Morgan fingerprint density at radius 1 is 1.38 bits per heavy atom. The molecule has 1 aromatic heterocycles. The smallest absolute Gasteiger partial charge is 0.326 e. The van der Waals surface area contributed by atoms with E-state index in [4.69, 9.17) is 0 Å². The number of carboxylic acids is 1. The Kier molecular flexibility index (Phi) is 6.39. The zero-order valence-electron chi connectivity index (χ0n) is 13.2. The van der Waals surface area contributed by atoms with Crippen LogP contribution in [0.3, 0.4) is 0 Å². The maximum absolute atomic E-state index is 12.3. The summed E-state index contributed by atoms with van der Waals surface area (Å²) in [6.07, 6.45) is 2.10. The summed E-state index contributed by atoms with van der Waals surface area (Å²) in [5.41, 5.74) is 1.26. The van der Waals surface area contributed by atoms with Gasteiger partial charge in [-0.05, 0) is 25.3 Å². The van der Waals surface area contributed by atoms with Crippen LogP contribution in [0.2, 0.25) is 0 Å². The molecule has 0 aliphatic rings. The highest BCUT2D eigenvalue weighted by molar-refractivity contribution is 5.95. The van der Waals surface area contributed by atoms with E-state index in [2.05, 4.69) is 10.4 Å². The highest BCUT2D eigenvalue weighted by atomic mass is 16.4. The zero-order chi connectivity index (χ0) is 16.0. The second kappa shape index (κ2) is 7.81. The Bertz CT molecular complexity index is 494. The van der Waals surface area contributed by atoms with Crippen molar-refractivity contribution in [1.82, 2.24) is 15.1 Å². The number of rotatable bonds is 8. The predicted octanol–water partition coefficient (Wildman–Crippen LogP) is 2.40. The molecule has 2 N–H and O–H groups in total. The van der Waals surface area contributed by atoms with Gasteiger partial charge >= 0.3 is 5.97 Å². The second-order valence-corrected chi connectivity index (χ2v) is 5.43. The van der Waals surface area contributed by atoms with Crippen LogP contribution in [-0.4, -0.2) is 32.8 Å². The van der Waals surface area contributed by atoms with E-state index in [1.165, 1.54) is 0 Å². The van der Waals surface area contributed by atoms with E-state index < -0.39 is 12.0 Å². The van der Waals surface area contributed by atoms with E-state index >= 15 is 0 Å². The summed E-state index contributed by atoms with van der Waals surface area (Å²) in [6.45, 7) is 8.47. The average molecular weight is 295 g/mol. The van der Waals surface area contributed by atoms with Crippen molar-refractivity contribution in [3.63, 3.8) is 0 Å². The fourth-order valence-electron chi connectivity index (χ4n) is 2.04. The molecule has 0 unspecified atom stereocenters. The summed E-state index contributed by atoms with van der Waals surface area (Å²) < 4.78 is 1.61. The van der Waals surface area contributed by atoms with E-state index in [0.29, 0.717) is 18.7 Å². The zero-order valence-corrected chi connectivity index (χ0v) is 13.2. The van der Waals surface area contributed by atoms with Gasteiger partial charge in [-0.2, -0.15) is 5.10 Å². The lowest BCUT2D eigenvalue weighted by Gasteiger charge is -2.14. The summed E-state index contributed by atoms with van der Waals surface area (Å²) in [4.78, 5) is 23.5. The maximum atomic E-state index is 12.3. The molecule has 0 saturated carbocycles. The van der Waals surface area contributed by atoms with Crippen LogP contribution in [0.5, 0.6) is 0 Å². The van der Waals surface area contributed by atoms with Crippen molar-refractivity contribution in [2.45, 2.75) is 65.5 Å². The molecule has 0 bridgehead atoms. The molecule has 0 saturated heterocycles. The van der Waals surface area contributed by atoms with Crippen molar-refractivity contribution in [2.75, 3.05) is 0 Å². The Labute approximate surface area is 125 Å². The van der Waals surface area contributed by atoms with Gasteiger partial charge < -0.3 is 10.4 Å². The summed E-state index contributed by atoms with van der Waals surface area (Å²) in [5, 5.41) is 16.1. The van der Waals surface area contributed by atoms with Gasteiger partial charge in [0.1, 0.15) is 11.7 Å². The summed E-state index contributed by atoms with van der Waals surface area (Å²) >= 11 is 0. The lowest BCUT2D eigenvalue weighted by atomic mass is 10.1. The van der Waals surface area contributed by atoms with Crippen molar-refractivity contribution in [3.05, 3.63) is 17.5 Å². The van der Waals surface area contributed by atoms with Crippen LogP contribution < -0.4 is 5.32 Å². The van der Waals surface area contributed by atoms with E-state index in [0.717, 1.165) is 18.5 Å². The molecule has 0 spiro atoms. The first-order valence-electron chi connectivity index (χ1n) is 7.52. The summed E-state index contributed by atoms with van der Waals surface area (Å²) in [7, 11) is 0. The Morgan fingerprint density at radius 2 is 2.05 bits per heavy atom. The number of unbranched alkanes of at least 4 members (excludes halogenated alkanes) is 1. The predicted molar refractivity (Wildman–Crippen MR) is 80.4 cm³/mol. The Balaban J connectivity index is 2.88. The number of nitrogens with zero attached hydrogens (tertiary/aromatic N) is 2. The molecule has 118 valence electrons. The fraction of sp³-hybridized carbons (Fsp3) is 0.667. The van der Waals surface area contributed by atoms with Gasteiger partial charge in [-0.15, -0.1) is 0 Å². The molecular formula is C15H25N3O3. The second-order valence-electron chi connectivity index (χ2n) is 5.43. The molecule has 0 fully saturated rings. The van der Waals surface area contributed by atoms with Crippen LogP contribution in [0.25, 0.3) is 0 Å². The summed E-state index contributed by atoms with van der Waals surface area (Å²) in [6, 6.07) is 0.891. The van der Waals surface area contributed by atoms with Crippen molar-refractivity contribution < 1.29 is 14.7 Å². The lowest BCUT2D eigenvalue weighted by molar-refractivity contribution is -0.139. The van der Waals surface area contributed by atoms with Crippen molar-refractivity contribution in [3.8, 4) is 0 Å². The molecule has 21 heavy (non-hydrogen) atoms. The van der Waals surface area contributed by atoms with Gasteiger partial charge in [0.2, 0.25) is 0 Å². The number of hydrogen-bond donors (Lipinski definition) is 2. The van der Waals surface area contributed by atoms with E-state index in [9.17, 15) is 14.7 Å². The number of aromatic nitrogens is 2. The monoisotopic (exact) mass is 295 g/mol. The molecule has 0 aromatic carbocycles. The largest absolute Gasteiger partial charge is 0.480 e. The first kappa shape index (κ1) is 17.2. The molecule has 6 heteroatoms. The van der Waals surface area contributed by atoms with Gasteiger partial charge in [0.15, 0.2) is 0 Å². The van der Waals surface area contributed by atoms with Crippen LogP contribution in [0.1, 0.15) is 69.1 Å². The topological polar surface area (TPSA) is 84.2 Å². The third kappa shape index (κ3) is 4.58. The number of aryl methyl sites for hydroxylation is 1. The summed E-state index contributed by atoms with van der Waals surface area (Å²) in [5.74, 6) is -1.15. The third-order valence-electron chi connectivity index (χ3n) is 3.37. The van der Waals surface area contributed by atoms with E-state index in [-0.39, 0.29) is 11.8 Å². The lowest BCUT2D eigenvalue weighted by Crippen LogP contribution is -2.41. The normalized spacial score (nSPS) is 12.4. The van der Waals surface area contributed by atoms with Gasteiger partial charge in [0, 0.05) is 6.54 Å². The Hall–Kier alpha value is -1.85. The minimum absolute atomic E-state index is 0.222. The van der Waals surface area contributed by atoms with E-state index in [1.54, 1.807) is 10.7 Å². The molecule has 0 aliphatic carbocycles. The maximum Gasteiger partial charge on any atom is 0.326 e. The average Bonchev–Trinajstić information content (AvgIpc) is 2.87. The van der Waals surface area contributed by atoms with Gasteiger partial charge in [-0.3, -0.25) is 9.48 Å². The number of nitrogens with one attached hydrogen (secondary N) is 1. The van der Waals surface area contributed by atoms with Crippen LogP contribution in [0.4, 0.5) is 0 Å². The first-order chi connectivity index (χ1) is 9.90. The highest BCUT2D eigenvalue weighted by Crippen LogP contribution is 2.15. The number of amides is 1. The molecule has 1 rings (SSSR count). The van der Waals surface area contributed by atoms with Crippen molar-refractivity contribution in [1.29, 1.82) is 0 Å². The molecule has 1 heterocycles. The molecule has 0 radical (unpaired) electrons. The van der Waals surface area contributed by atoms with Crippen LogP contribution in [0.15, 0.2) is 6.07 Å². The third-order valence-corrected chi connectivity index (χ3v) is 3.37. The molecule has 1 amide bonds. The molecule has 0 aliphatic heterocycles. The fourth-order valence-corrected chi connectivity index (χ4v) is 2.04. The van der Waals surface area contributed by atoms with Crippen LogP contribution >= 0.6 is 0 Å². The quantitative estimate of drug-likeness (QED) is 0.771.